The molecule has 1 aromatic carbocycles. The lowest BCUT2D eigenvalue weighted by Crippen LogP contribution is -2.18. The van der Waals surface area contributed by atoms with Gasteiger partial charge in [-0.25, -0.2) is 0 Å². The fraction of sp³-hybridized carbons (Fsp3) is 0.462. The molecule has 1 atom stereocenters. The van der Waals surface area contributed by atoms with Crippen molar-refractivity contribution >= 4 is 17.6 Å². The Kier molecular flexibility index (Phi) is 6.54. The number of carbonyl (C=O) groups is 1. The summed E-state index contributed by atoms with van der Waals surface area (Å²) in [4.78, 5) is 11.0. The molecule has 0 aliphatic heterocycles. The van der Waals surface area contributed by atoms with E-state index in [1.807, 2.05) is 12.1 Å². The van der Waals surface area contributed by atoms with E-state index >= 15 is 0 Å². The maximum atomic E-state index is 11.0. The first kappa shape index (κ1) is 14.8. The quantitative estimate of drug-likeness (QED) is 0.607. The van der Waals surface area contributed by atoms with Gasteiger partial charge in [0.05, 0.1) is 13.0 Å². The van der Waals surface area contributed by atoms with E-state index in [1.54, 1.807) is 12.1 Å². The average molecular weight is 273 g/mol. The van der Waals surface area contributed by atoms with E-state index in [1.165, 1.54) is 7.11 Å². The van der Waals surface area contributed by atoms with Gasteiger partial charge < -0.3 is 14.6 Å². The number of aliphatic hydroxyl groups is 1. The topological polar surface area (TPSA) is 55.8 Å². The number of aryl methyl sites for hydroxylation is 1. The van der Waals surface area contributed by atoms with E-state index in [2.05, 4.69) is 4.74 Å². The van der Waals surface area contributed by atoms with Crippen molar-refractivity contribution in [3.8, 4) is 5.75 Å². The highest BCUT2D eigenvalue weighted by molar-refractivity contribution is 6.18. The minimum Gasteiger partial charge on any atom is -0.491 e. The molecule has 0 radical (unpaired) electrons. The molecule has 0 aliphatic rings. The van der Waals surface area contributed by atoms with Gasteiger partial charge in [0.1, 0.15) is 18.5 Å². The third-order valence-corrected chi connectivity index (χ3v) is 2.75. The number of alkyl halides is 1. The van der Waals surface area contributed by atoms with Crippen LogP contribution in [0, 0.1) is 0 Å². The molecule has 4 nitrogen and oxygen atoms in total. The molecule has 0 saturated heterocycles. The largest absolute Gasteiger partial charge is 0.491 e. The van der Waals surface area contributed by atoms with Crippen molar-refractivity contribution in [3.05, 3.63) is 29.8 Å². The van der Waals surface area contributed by atoms with Crippen molar-refractivity contribution in [2.75, 3.05) is 19.6 Å². The predicted octanol–water partition coefficient (Wildman–Crippen LogP) is 1.77. The van der Waals surface area contributed by atoms with Gasteiger partial charge in [-0.2, -0.15) is 0 Å². The van der Waals surface area contributed by atoms with E-state index in [0.29, 0.717) is 18.6 Å². The molecule has 5 heteroatoms. The number of carbonyl (C=O) groups excluding carboxylic acids is 1. The number of aliphatic hydroxyl groups excluding tert-OH is 1. The maximum absolute atomic E-state index is 11.0. The lowest BCUT2D eigenvalue weighted by molar-refractivity contribution is -0.140. The first-order chi connectivity index (χ1) is 8.65. The molecule has 0 saturated carbocycles. The summed E-state index contributed by atoms with van der Waals surface area (Å²) < 4.78 is 9.90. The summed E-state index contributed by atoms with van der Waals surface area (Å²) >= 11 is 5.45. The first-order valence-corrected chi connectivity index (χ1v) is 6.21. The normalized spacial score (nSPS) is 11.9. The highest BCUT2D eigenvalue weighted by atomic mass is 35.5. The molecular formula is C13H17ClO4. The van der Waals surface area contributed by atoms with Crippen LogP contribution in [-0.4, -0.2) is 36.8 Å². The Morgan fingerprint density at radius 3 is 2.61 bits per heavy atom. The Labute approximate surface area is 111 Å². The van der Waals surface area contributed by atoms with E-state index in [-0.39, 0.29) is 18.5 Å². The smallest absolute Gasteiger partial charge is 0.305 e. The summed E-state index contributed by atoms with van der Waals surface area (Å²) in [5.41, 5.74) is 1.03. The number of rotatable bonds is 7. The minimum atomic E-state index is -0.661. The summed E-state index contributed by atoms with van der Waals surface area (Å²) in [7, 11) is 1.38. The van der Waals surface area contributed by atoms with Gasteiger partial charge in [-0.3, -0.25) is 4.79 Å². The number of esters is 1. The third-order valence-electron chi connectivity index (χ3n) is 2.39. The molecule has 1 unspecified atom stereocenters. The lowest BCUT2D eigenvalue weighted by atomic mass is 10.1. The average Bonchev–Trinajstić information content (AvgIpc) is 2.43. The molecule has 1 aromatic rings. The Hall–Kier alpha value is -1.26. The van der Waals surface area contributed by atoms with E-state index in [0.717, 1.165) is 5.56 Å². The number of benzene rings is 1. The number of hydrogen-bond donors (Lipinski definition) is 1. The highest BCUT2D eigenvalue weighted by Crippen LogP contribution is 2.14. The van der Waals surface area contributed by atoms with Crippen LogP contribution in [0.4, 0.5) is 0 Å². The Bertz CT molecular complexity index is 364. The van der Waals surface area contributed by atoms with Crippen LogP contribution in [0.1, 0.15) is 12.0 Å². The van der Waals surface area contributed by atoms with Crippen molar-refractivity contribution in [1.82, 2.24) is 0 Å². The van der Waals surface area contributed by atoms with Crippen molar-refractivity contribution in [1.29, 1.82) is 0 Å². The zero-order chi connectivity index (χ0) is 13.4. The second-order valence-electron chi connectivity index (χ2n) is 3.84. The van der Waals surface area contributed by atoms with Crippen molar-refractivity contribution < 1.29 is 19.4 Å². The van der Waals surface area contributed by atoms with Crippen LogP contribution in [0.2, 0.25) is 0 Å². The third kappa shape index (κ3) is 5.38. The molecule has 0 aliphatic carbocycles. The molecule has 18 heavy (non-hydrogen) atoms. The second kappa shape index (κ2) is 7.95. The molecule has 0 bridgehead atoms. The monoisotopic (exact) mass is 272 g/mol. The fourth-order valence-corrected chi connectivity index (χ4v) is 1.43. The van der Waals surface area contributed by atoms with Gasteiger partial charge >= 0.3 is 5.97 Å². The van der Waals surface area contributed by atoms with Crippen molar-refractivity contribution in [3.63, 3.8) is 0 Å². The van der Waals surface area contributed by atoms with Crippen LogP contribution >= 0.6 is 11.6 Å². The number of methoxy groups -OCH3 is 1. The van der Waals surface area contributed by atoms with Crippen LogP contribution in [0.25, 0.3) is 0 Å². The maximum Gasteiger partial charge on any atom is 0.305 e. The highest BCUT2D eigenvalue weighted by Gasteiger charge is 2.04. The summed E-state index contributed by atoms with van der Waals surface area (Å²) in [6.45, 7) is 0.172. The predicted molar refractivity (Wildman–Crippen MR) is 69.0 cm³/mol. The molecule has 1 rings (SSSR count). The van der Waals surface area contributed by atoms with Crippen LogP contribution in [0.15, 0.2) is 24.3 Å². The van der Waals surface area contributed by atoms with Gasteiger partial charge in [0, 0.05) is 6.42 Å². The molecule has 0 fully saturated rings. The van der Waals surface area contributed by atoms with Gasteiger partial charge in [0.25, 0.3) is 0 Å². The first-order valence-electron chi connectivity index (χ1n) is 5.68. The summed E-state index contributed by atoms with van der Waals surface area (Å²) in [6, 6.07) is 7.36. The Balaban J connectivity index is 2.40. The standard InChI is InChI=1S/C13H17ClO4/c1-17-13(16)7-4-10-2-5-12(6-3-10)18-9-11(15)8-14/h2-3,5-6,11,15H,4,7-9H2,1H3. The van der Waals surface area contributed by atoms with Crippen LogP contribution < -0.4 is 4.74 Å². The molecule has 0 amide bonds. The molecule has 0 spiro atoms. The second-order valence-corrected chi connectivity index (χ2v) is 4.15. The lowest BCUT2D eigenvalue weighted by Gasteiger charge is -2.10. The number of halogens is 1. The summed E-state index contributed by atoms with van der Waals surface area (Å²) in [5.74, 6) is 0.596. The van der Waals surface area contributed by atoms with Crippen molar-refractivity contribution in [2.45, 2.75) is 18.9 Å². The van der Waals surface area contributed by atoms with E-state index < -0.39 is 6.10 Å². The van der Waals surface area contributed by atoms with Gasteiger partial charge in [0.15, 0.2) is 0 Å². The molecule has 0 aromatic heterocycles. The minimum absolute atomic E-state index is 0.150. The van der Waals surface area contributed by atoms with Crippen LogP contribution in [-0.2, 0) is 16.0 Å². The molecule has 100 valence electrons. The zero-order valence-corrected chi connectivity index (χ0v) is 11.0. The molecular weight excluding hydrogens is 256 g/mol. The van der Waals surface area contributed by atoms with Gasteiger partial charge in [0.2, 0.25) is 0 Å². The Morgan fingerprint density at radius 1 is 1.39 bits per heavy atom. The van der Waals surface area contributed by atoms with Gasteiger partial charge in [-0.1, -0.05) is 12.1 Å². The van der Waals surface area contributed by atoms with Gasteiger partial charge in [-0.05, 0) is 24.1 Å². The van der Waals surface area contributed by atoms with Crippen molar-refractivity contribution in [2.24, 2.45) is 0 Å². The summed E-state index contributed by atoms with van der Waals surface area (Å²) in [5, 5.41) is 9.24. The fourth-order valence-electron chi connectivity index (χ4n) is 1.34. The zero-order valence-electron chi connectivity index (χ0n) is 10.3. The number of hydrogen-bond acceptors (Lipinski definition) is 4. The van der Waals surface area contributed by atoms with Crippen LogP contribution in [0.5, 0.6) is 5.75 Å². The Morgan fingerprint density at radius 2 is 2.06 bits per heavy atom. The van der Waals surface area contributed by atoms with E-state index in [4.69, 9.17) is 16.3 Å². The molecule has 0 heterocycles. The van der Waals surface area contributed by atoms with Crippen LogP contribution in [0.3, 0.4) is 0 Å². The molecule has 1 N–H and O–H groups in total. The SMILES string of the molecule is COC(=O)CCc1ccc(OCC(O)CCl)cc1. The van der Waals surface area contributed by atoms with Gasteiger partial charge in [-0.15, -0.1) is 11.6 Å². The van der Waals surface area contributed by atoms with E-state index in [9.17, 15) is 9.90 Å². The number of ether oxygens (including phenoxy) is 2. The summed E-state index contributed by atoms with van der Waals surface area (Å²) in [6.07, 6.45) is 0.338.